The van der Waals surface area contributed by atoms with Gasteiger partial charge in [0.1, 0.15) is 0 Å². The quantitative estimate of drug-likeness (QED) is 0.779. The van der Waals surface area contributed by atoms with Crippen LogP contribution < -0.4 is 10.5 Å². The van der Waals surface area contributed by atoms with Gasteiger partial charge >= 0.3 is 0 Å². The molecule has 0 saturated carbocycles. The molecule has 0 bridgehead atoms. The summed E-state index contributed by atoms with van der Waals surface area (Å²) in [6.45, 7) is 3.62. The largest absolute Gasteiger partial charge is 0.504 e. The summed E-state index contributed by atoms with van der Waals surface area (Å²) in [5, 5.41) is 9.58. The first-order valence-corrected chi connectivity index (χ1v) is 5.98. The Balaban J connectivity index is 2.30. The predicted octanol–water partition coefficient (Wildman–Crippen LogP) is 1.46. The molecule has 1 aliphatic rings. The Kier molecular flexibility index (Phi) is 3.32. The maximum atomic E-state index is 12.3. The van der Waals surface area contributed by atoms with Gasteiger partial charge in [-0.15, -0.1) is 0 Å². The van der Waals surface area contributed by atoms with E-state index in [0.29, 0.717) is 11.5 Å². The van der Waals surface area contributed by atoms with Crippen LogP contribution in [0.3, 0.4) is 0 Å². The minimum absolute atomic E-state index is 0.0543. The van der Waals surface area contributed by atoms with Crippen LogP contribution in [0.4, 0.5) is 5.69 Å². The van der Waals surface area contributed by atoms with Gasteiger partial charge in [-0.1, -0.05) is 6.92 Å². The SMILES string of the molecule is COc1cc(C(=O)N2CCC(C)C2)c(N)cc1O. The van der Waals surface area contributed by atoms with Gasteiger partial charge in [-0.2, -0.15) is 0 Å². The Morgan fingerprint density at radius 2 is 2.28 bits per heavy atom. The molecule has 0 spiro atoms. The topological polar surface area (TPSA) is 75.8 Å². The fourth-order valence-electron chi connectivity index (χ4n) is 2.22. The molecule has 1 aromatic carbocycles. The average molecular weight is 250 g/mol. The third-order valence-electron chi connectivity index (χ3n) is 3.29. The Labute approximate surface area is 106 Å². The van der Waals surface area contributed by atoms with E-state index in [1.54, 1.807) is 4.90 Å². The van der Waals surface area contributed by atoms with Crippen LogP contribution in [0, 0.1) is 5.92 Å². The third kappa shape index (κ3) is 2.20. The molecule has 98 valence electrons. The molecule has 1 heterocycles. The van der Waals surface area contributed by atoms with Gasteiger partial charge in [0.15, 0.2) is 11.5 Å². The fraction of sp³-hybridized carbons (Fsp3) is 0.462. The number of likely N-dealkylation sites (tertiary alicyclic amines) is 1. The first kappa shape index (κ1) is 12.5. The molecule has 1 fully saturated rings. The minimum atomic E-state index is -0.102. The highest BCUT2D eigenvalue weighted by Crippen LogP contribution is 2.32. The predicted molar refractivity (Wildman–Crippen MR) is 68.8 cm³/mol. The van der Waals surface area contributed by atoms with Crippen molar-refractivity contribution >= 4 is 11.6 Å². The number of carbonyl (C=O) groups excluding carboxylic acids is 1. The number of amides is 1. The number of hydrogen-bond acceptors (Lipinski definition) is 4. The summed E-state index contributed by atoms with van der Waals surface area (Å²) in [5.74, 6) is 0.630. The molecule has 3 N–H and O–H groups in total. The normalized spacial score (nSPS) is 19.0. The van der Waals surface area contributed by atoms with E-state index in [2.05, 4.69) is 6.92 Å². The van der Waals surface area contributed by atoms with E-state index in [-0.39, 0.29) is 23.1 Å². The number of benzene rings is 1. The summed E-state index contributed by atoms with van der Waals surface area (Å²) in [6.07, 6.45) is 1.01. The molecule has 0 aliphatic carbocycles. The number of methoxy groups -OCH3 is 1. The number of anilines is 1. The molecule has 1 saturated heterocycles. The van der Waals surface area contributed by atoms with Gasteiger partial charge in [0.05, 0.1) is 12.7 Å². The molecular formula is C13H18N2O3. The van der Waals surface area contributed by atoms with E-state index in [4.69, 9.17) is 10.5 Å². The second-order valence-corrected chi connectivity index (χ2v) is 4.76. The van der Waals surface area contributed by atoms with Gasteiger partial charge < -0.3 is 20.5 Å². The number of rotatable bonds is 2. The third-order valence-corrected chi connectivity index (χ3v) is 3.29. The number of nitrogens with two attached hydrogens (primary N) is 1. The lowest BCUT2D eigenvalue weighted by Gasteiger charge is -2.18. The van der Waals surface area contributed by atoms with Crippen molar-refractivity contribution in [1.82, 2.24) is 4.90 Å². The molecule has 2 rings (SSSR count). The Hall–Kier alpha value is -1.91. The number of nitrogens with zero attached hydrogens (tertiary/aromatic N) is 1. The second-order valence-electron chi connectivity index (χ2n) is 4.76. The highest BCUT2D eigenvalue weighted by molar-refractivity contribution is 6.00. The maximum absolute atomic E-state index is 12.3. The summed E-state index contributed by atoms with van der Waals surface area (Å²) in [7, 11) is 1.44. The van der Waals surface area contributed by atoms with Crippen molar-refractivity contribution in [3.05, 3.63) is 17.7 Å². The lowest BCUT2D eigenvalue weighted by molar-refractivity contribution is 0.0789. The summed E-state index contributed by atoms with van der Waals surface area (Å²) in [5.41, 5.74) is 6.45. The van der Waals surface area contributed by atoms with E-state index in [1.165, 1.54) is 19.2 Å². The average Bonchev–Trinajstić information content (AvgIpc) is 2.75. The molecule has 1 aromatic rings. The van der Waals surface area contributed by atoms with Crippen molar-refractivity contribution in [2.75, 3.05) is 25.9 Å². The number of carbonyl (C=O) groups is 1. The molecule has 5 heteroatoms. The zero-order valence-corrected chi connectivity index (χ0v) is 10.6. The lowest BCUT2D eigenvalue weighted by atomic mass is 10.1. The number of hydrogen-bond donors (Lipinski definition) is 2. The number of ether oxygens (including phenoxy) is 1. The molecule has 18 heavy (non-hydrogen) atoms. The van der Waals surface area contributed by atoms with Crippen LogP contribution in [-0.4, -0.2) is 36.1 Å². The summed E-state index contributed by atoms with van der Waals surface area (Å²) < 4.78 is 5.00. The van der Waals surface area contributed by atoms with Crippen molar-refractivity contribution in [3.8, 4) is 11.5 Å². The van der Waals surface area contributed by atoms with Crippen LogP contribution in [0.15, 0.2) is 12.1 Å². The van der Waals surface area contributed by atoms with Crippen LogP contribution in [0.1, 0.15) is 23.7 Å². The van der Waals surface area contributed by atoms with Gasteiger partial charge in [0.25, 0.3) is 5.91 Å². The van der Waals surface area contributed by atoms with Gasteiger partial charge in [0.2, 0.25) is 0 Å². The highest BCUT2D eigenvalue weighted by Gasteiger charge is 2.26. The van der Waals surface area contributed by atoms with Crippen molar-refractivity contribution in [3.63, 3.8) is 0 Å². The zero-order valence-electron chi connectivity index (χ0n) is 10.6. The molecule has 0 radical (unpaired) electrons. The molecule has 1 unspecified atom stereocenters. The van der Waals surface area contributed by atoms with Gasteiger partial charge in [-0.05, 0) is 18.4 Å². The van der Waals surface area contributed by atoms with Crippen molar-refractivity contribution in [2.24, 2.45) is 5.92 Å². The first-order valence-electron chi connectivity index (χ1n) is 5.98. The molecule has 0 aromatic heterocycles. The van der Waals surface area contributed by atoms with Gasteiger partial charge in [0, 0.05) is 24.8 Å². The van der Waals surface area contributed by atoms with Crippen molar-refractivity contribution in [1.29, 1.82) is 0 Å². The highest BCUT2D eigenvalue weighted by atomic mass is 16.5. The lowest BCUT2D eigenvalue weighted by Crippen LogP contribution is -2.29. The summed E-state index contributed by atoms with van der Waals surface area (Å²) in [4.78, 5) is 14.1. The van der Waals surface area contributed by atoms with Crippen molar-refractivity contribution in [2.45, 2.75) is 13.3 Å². The number of aromatic hydroxyl groups is 1. The van der Waals surface area contributed by atoms with Crippen LogP contribution in [0.2, 0.25) is 0 Å². The van der Waals surface area contributed by atoms with Gasteiger partial charge in [-0.3, -0.25) is 4.79 Å². The molecule has 1 atom stereocenters. The monoisotopic (exact) mass is 250 g/mol. The molecule has 1 amide bonds. The second kappa shape index (κ2) is 4.76. The van der Waals surface area contributed by atoms with E-state index in [1.807, 2.05) is 0 Å². The van der Waals surface area contributed by atoms with Gasteiger partial charge in [-0.25, -0.2) is 0 Å². The fourth-order valence-corrected chi connectivity index (χ4v) is 2.22. The molecular weight excluding hydrogens is 232 g/mol. The van der Waals surface area contributed by atoms with E-state index >= 15 is 0 Å². The number of nitrogen functional groups attached to an aromatic ring is 1. The zero-order chi connectivity index (χ0) is 13.3. The standard InChI is InChI=1S/C13H18N2O3/c1-8-3-4-15(7-8)13(17)9-5-12(18-2)11(16)6-10(9)14/h5-6,8,16H,3-4,7,14H2,1-2H3. The number of phenolic OH excluding ortho intramolecular Hbond substituents is 1. The van der Waals surface area contributed by atoms with Crippen LogP contribution >= 0.6 is 0 Å². The Bertz CT molecular complexity index is 474. The Morgan fingerprint density at radius 3 is 2.83 bits per heavy atom. The van der Waals surface area contributed by atoms with E-state index in [0.717, 1.165) is 19.5 Å². The minimum Gasteiger partial charge on any atom is -0.504 e. The van der Waals surface area contributed by atoms with Crippen LogP contribution in [0.25, 0.3) is 0 Å². The maximum Gasteiger partial charge on any atom is 0.256 e. The van der Waals surface area contributed by atoms with E-state index in [9.17, 15) is 9.90 Å². The molecule has 1 aliphatic heterocycles. The first-order chi connectivity index (χ1) is 8.52. The van der Waals surface area contributed by atoms with Crippen LogP contribution in [-0.2, 0) is 0 Å². The van der Waals surface area contributed by atoms with Crippen molar-refractivity contribution < 1.29 is 14.6 Å². The summed E-state index contributed by atoms with van der Waals surface area (Å²) in [6, 6.07) is 2.85. The van der Waals surface area contributed by atoms with Crippen LogP contribution in [0.5, 0.6) is 11.5 Å². The molecule has 5 nitrogen and oxygen atoms in total. The smallest absolute Gasteiger partial charge is 0.256 e. The Morgan fingerprint density at radius 1 is 1.56 bits per heavy atom. The van der Waals surface area contributed by atoms with E-state index < -0.39 is 0 Å². The number of phenols is 1. The summed E-state index contributed by atoms with van der Waals surface area (Å²) >= 11 is 0.